The van der Waals surface area contributed by atoms with E-state index in [9.17, 15) is 0 Å². The van der Waals surface area contributed by atoms with Gasteiger partial charge < -0.3 is 10.2 Å². The maximum Gasteiger partial charge on any atom is 0.0944 e. The van der Waals surface area contributed by atoms with Crippen LogP contribution < -0.4 is 5.32 Å². The summed E-state index contributed by atoms with van der Waals surface area (Å²) in [5.41, 5.74) is 0.720. The molecular weight excluding hydrogens is 162 g/mol. The first-order chi connectivity index (χ1) is 6.08. The Hall–Kier alpha value is -1.27. The summed E-state index contributed by atoms with van der Waals surface area (Å²) >= 11 is 0. The fourth-order valence-corrected chi connectivity index (χ4v) is 0.397. The number of rotatable bonds is 2. The van der Waals surface area contributed by atoms with Crippen LogP contribution >= 0.6 is 0 Å². The van der Waals surface area contributed by atoms with Gasteiger partial charge in [-0.3, -0.25) is 0 Å². The summed E-state index contributed by atoms with van der Waals surface area (Å²) in [7, 11) is 7.62. The number of hydrogen-bond acceptors (Lipinski definition) is 3. The normalized spacial score (nSPS) is 10.3. The van der Waals surface area contributed by atoms with E-state index in [-0.39, 0.29) is 0 Å². The lowest BCUT2D eigenvalue weighted by molar-refractivity contribution is 0.564. The zero-order valence-electron chi connectivity index (χ0n) is 9.13. The van der Waals surface area contributed by atoms with E-state index in [0.717, 1.165) is 5.57 Å². The van der Waals surface area contributed by atoms with Gasteiger partial charge in [0.2, 0.25) is 0 Å². The second kappa shape index (κ2) is 10.7. The Kier molecular flexibility index (Phi) is 11.8. The van der Waals surface area contributed by atoms with Crippen molar-refractivity contribution in [3.05, 3.63) is 23.9 Å². The number of nitriles is 1. The molecule has 0 aromatic carbocycles. The molecule has 0 heterocycles. The van der Waals surface area contributed by atoms with E-state index in [0.29, 0.717) is 0 Å². The van der Waals surface area contributed by atoms with Gasteiger partial charge in [-0.25, -0.2) is 0 Å². The molecule has 0 aliphatic carbocycles. The topological polar surface area (TPSA) is 39.1 Å². The van der Waals surface area contributed by atoms with Crippen molar-refractivity contribution in [2.75, 3.05) is 28.2 Å². The van der Waals surface area contributed by atoms with Crippen LogP contribution in [0.15, 0.2) is 23.9 Å². The summed E-state index contributed by atoms with van der Waals surface area (Å²) in [5.74, 6) is 0. The molecule has 0 aliphatic heterocycles. The number of nitrogens with zero attached hydrogens (tertiary/aromatic N) is 2. The summed E-state index contributed by atoms with van der Waals surface area (Å²) in [6, 6.07) is 2.03. The molecule has 0 unspecified atom stereocenters. The second-order valence-corrected chi connectivity index (χ2v) is 2.77. The fourth-order valence-electron chi connectivity index (χ4n) is 0.397. The van der Waals surface area contributed by atoms with Crippen molar-refractivity contribution in [3.63, 3.8) is 0 Å². The molecule has 74 valence electrons. The Bertz CT molecular complexity index is 197. The van der Waals surface area contributed by atoms with Crippen molar-refractivity contribution >= 4 is 0 Å². The fraction of sp³-hybridized carbons (Fsp3) is 0.500. The highest BCUT2D eigenvalue weighted by molar-refractivity contribution is 5.22. The van der Waals surface area contributed by atoms with Crippen molar-refractivity contribution in [2.45, 2.75) is 6.92 Å². The minimum Gasteiger partial charge on any atom is -0.383 e. The van der Waals surface area contributed by atoms with Crippen LogP contribution in [-0.2, 0) is 0 Å². The second-order valence-electron chi connectivity index (χ2n) is 2.77. The van der Waals surface area contributed by atoms with Gasteiger partial charge >= 0.3 is 0 Å². The number of hydrogen-bond donors (Lipinski definition) is 1. The van der Waals surface area contributed by atoms with E-state index in [1.807, 2.05) is 51.4 Å². The predicted molar refractivity (Wildman–Crippen MR) is 57.2 cm³/mol. The van der Waals surface area contributed by atoms with Gasteiger partial charge in [-0.15, -0.1) is 0 Å². The third kappa shape index (κ3) is 18.1. The van der Waals surface area contributed by atoms with Crippen LogP contribution in [0.25, 0.3) is 0 Å². The van der Waals surface area contributed by atoms with Crippen LogP contribution in [0.1, 0.15) is 6.92 Å². The molecule has 0 aromatic rings. The van der Waals surface area contributed by atoms with E-state index in [2.05, 4.69) is 5.32 Å². The molecule has 0 atom stereocenters. The van der Waals surface area contributed by atoms with E-state index in [1.54, 1.807) is 13.0 Å². The van der Waals surface area contributed by atoms with E-state index >= 15 is 0 Å². The highest BCUT2D eigenvalue weighted by Gasteiger charge is 1.77. The van der Waals surface area contributed by atoms with Crippen molar-refractivity contribution < 1.29 is 0 Å². The first-order valence-electron chi connectivity index (χ1n) is 4.08. The van der Waals surface area contributed by atoms with Gasteiger partial charge in [0.05, 0.1) is 6.07 Å². The molecule has 3 nitrogen and oxygen atoms in total. The largest absolute Gasteiger partial charge is 0.383 e. The van der Waals surface area contributed by atoms with Gasteiger partial charge in [0, 0.05) is 19.7 Å². The average molecular weight is 181 g/mol. The van der Waals surface area contributed by atoms with E-state index in [1.165, 1.54) is 0 Å². The molecule has 0 aliphatic rings. The highest BCUT2D eigenvalue weighted by atomic mass is 15.0. The van der Waals surface area contributed by atoms with Crippen molar-refractivity contribution in [2.24, 2.45) is 0 Å². The molecule has 0 fully saturated rings. The zero-order valence-corrected chi connectivity index (χ0v) is 9.13. The number of allylic oxidation sites excluding steroid dienone is 3. The Morgan fingerprint density at radius 3 is 2.15 bits per heavy atom. The van der Waals surface area contributed by atoms with Crippen LogP contribution in [0.5, 0.6) is 0 Å². The van der Waals surface area contributed by atoms with Crippen LogP contribution in [0.3, 0.4) is 0 Å². The van der Waals surface area contributed by atoms with Crippen molar-refractivity contribution in [3.8, 4) is 6.07 Å². The summed E-state index contributed by atoms with van der Waals surface area (Å²) < 4.78 is 0. The molecular formula is C10H19N3. The third-order valence-corrected chi connectivity index (χ3v) is 0.907. The molecule has 0 saturated carbocycles. The summed E-state index contributed by atoms with van der Waals surface area (Å²) in [5, 5.41) is 11.1. The molecule has 0 bridgehead atoms. The molecule has 13 heavy (non-hydrogen) atoms. The highest BCUT2D eigenvalue weighted by Crippen LogP contribution is 1.89. The van der Waals surface area contributed by atoms with E-state index < -0.39 is 0 Å². The molecule has 0 saturated heterocycles. The first-order valence-corrected chi connectivity index (χ1v) is 4.08. The van der Waals surface area contributed by atoms with Gasteiger partial charge in [-0.05, 0) is 39.4 Å². The molecule has 0 rings (SSSR count). The maximum atomic E-state index is 8.33. The Balaban J connectivity index is 0. The molecule has 0 radical (unpaired) electrons. The van der Waals surface area contributed by atoms with E-state index in [4.69, 9.17) is 5.26 Å². The lowest BCUT2D eigenvalue weighted by Gasteiger charge is -2.00. The van der Waals surface area contributed by atoms with Gasteiger partial charge in [0.1, 0.15) is 0 Å². The third-order valence-electron chi connectivity index (χ3n) is 0.907. The van der Waals surface area contributed by atoms with Gasteiger partial charge in [-0.2, -0.15) is 5.26 Å². The molecule has 0 amide bonds. The summed E-state index contributed by atoms with van der Waals surface area (Å²) in [4.78, 5) is 1.92. The molecule has 0 spiro atoms. The standard InChI is InChI=1S/C8H12N2.C2H7N/c1-8(7-9)5-4-6-10(2)3;1-3-2/h4-6H,1-3H3;3H,1-2H3. The predicted octanol–water partition coefficient (Wildman–Crippen LogP) is 1.37. The van der Waals surface area contributed by atoms with Gasteiger partial charge in [0.15, 0.2) is 0 Å². The summed E-state index contributed by atoms with van der Waals surface area (Å²) in [6.45, 7) is 1.78. The number of nitrogens with one attached hydrogen (secondary N) is 1. The lowest BCUT2D eigenvalue weighted by atomic mass is 10.3. The Morgan fingerprint density at radius 2 is 1.85 bits per heavy atom. The average Bonchev–Trinajstić information content (AvgIpc) is 2.05. The van der Waals surface area contributed by atoms with Gasteiger partial charge in [0.25, 0.3) is 0 Å². The zero-order chi connectivity index (χ0) is 10.7. The minimum absolute atomic E-state index is 0.720. The SMILES string of the molecule is CC(C#N)=CC=CN(C)C.CNC. The molecule has 0 aromatic heterocycles. The quantitative estimate of drug-likeness (QED) is 0.516. The lowest BCUT2D eigenvalue weighted by Crippen LogP contribution is -1.99. The summed E-state index contributed by atoms with van der Waals surface area (Å²) in [6.07, 6.45) is 5.51. The van der Waals surface area contributed by atoms with Crippen LogP contribution in [0.4, 0.5) is 0 Å². The van der Waals surface area contributed by atoms with Crippen LogP contribution in [-0.4, -0.2) is 33.1 Å². The first kappa shape index (κ1) is 14.3. The van der Waals surface area contributed by atoms with Crippen molar-refractivity contribution in [1.82, 2.24) is 10.2 Å². The maximum absolute atomic E-state index is 8.33. The van der Waals surface area contributed by atoms with Crippen molar-refractivity contribution in [1.29, 1.82) is 5.26 Å². The Morgan fingerprint density at radius 1 is 1.38 bits per heavy atom. The minimum atomic E-state index is 0.720. The monoisotopic (exact) mass is 181 g/mol. The molecule has 1 N–H and O–H groups in total. The van der Waals surface area contributed by atoms with Crippen LogP contribution in [0, 0.1) is 11.3 Å². The smallest absolute Gasteiger partial charge is 0.0944 e. The van der Waals surface area contributed by atoms with Crippen LogP contribution in [0.2, 0.25) is 0 Å². The Labute approximate surface area is 81.4 Å². The van der Waals surface area contributed by atoms with Gasteiger partial charge in [-0.1, -0.05) is 0 Å². The molecule has 3 heteroatoms.